The van der Waals surface area contributed by atoms with Gasteiger partial charge in [0.2, 0.25) is 5.91 Å². The van der Waals surface area contributed by atoms with Gasteiger partial charge < -0.3 is 11.1 Å². The number of rotatable bonds is 5. The second-order valence-electron chi connectivity index (χ2n) is 5.45. The third kappa shape index (κ3) is 3.45. The average Bonchev–Trinajstić information content (AvgIpc) is 3.22. The van der Waals surface area contributed by atoms with Crippen LogP contribution in [0, 0.1) is 24.2 Å². The fourth-order valence-electron chi connectivity index (χ4n) is 2.19. The first-order chi connectivity index (χ1) is 9.44. The van der Waals surface area contributed by atoms with Gasteiger partial charge in [0, 0.05) is 10.6 Å². The van der Waals surface area contributed by atoms with E-state index in [1.54, 1.807) is 0 Å². The predicted molar refractivity (Wildman–Crippen MR) is 81.2 cm³/mol. The van der Waals surface area contributed by atoms with E-state index in [1.165, 1.54) is 11.8 Å². The smallest absolute Gasteiger partial charge is 0.231 e. The zero-order valence-electron chi connectivity index (χ0n) is 11.8. The molecule has 1 fully saturated rings. The molecule has 20 heavy (non-hydrogen) atoms. The minimum absolute atomic E-state index is 0.0952. The van der Waals surface area contributed by atoms with Crippen molar-refractivity contribution in [1.82, 2.24) is 5.32 Å². The van der Waals surface area contributed by atoms with E-state index < -0.39 is 5.54 Å². The molecular weight excluding hydrogens is 270 g/mol. The normalized spacial score (nSPS) is 17.1. The maximum absolute atomic E-state index is 12.0. The van der Waals surface area contributed by atoms with Gasteiger partial charge >= 0.3 is 0 Å². The van der Waals surface area contributed by atoms with Crippen molar-refractivity contribution in [3.63, 3.8) is 0 Å². The Balaban J connectivity index is 1.90. The standard InChI is InChI=1S/C15H19N3OS/c1-10-7-12(17)5-6-13(10)20-8-14(19)18-15(2,9-16)11-3-4-11/h5-7,11H,3-4,8,17H2,1-2H3,(H,18,19). The molecule has 1 aliphatic carbocycles. The van der Waals surface area contributed by atoms with Crippen molar-refractivity contribution < 1.29 is 4.79 Å². The monoisotopic (exact) mass is 289 g/mol. The maximum atomic E-state index is 12.0. The van der Waals surface area contributed by atoms with Crippen LogP contribution in [0.15, 0.2) is 23.1 Å². The third-order valence-corrected chi connectivity index (χ3v) is 4.76. The van der Waals surface area contributed by atoms with Crippen molar-refractivity contribution in [3.8, 4) is 6.07 Å². The summed E-state index contributed by atoms with van der Waals surface area (Å²) in [4.78, 5) is 13.0. The highest BCUT2D eigenvalue weighted by Gasteiger charge is 2.42. The van der Waals surface area contributed by atoms with Crippen molar-refractivity contribution >= 4 is 23.4 Å². The summed E-state index contributed by atoms with van der Waals surface area (Å²) in [7, 11) is 0. The Labute approximate surface area is 123 Å². The number of hydrogen-bond donors (Lipinski definition) is 2. The molecule has 1 atom stereocenters. The van der Waals surface area contributed by atoms with E-state index in [4.69, 9.17) is 5.73 Å². The first kappa shape index (κ1) is 14.7. The van der Waals surface area contributed by atoms with E-state index in [-0.39, 0.29) is 5.91 Å². The number of amides is 1. The zero-order chi connectivity index (χ0) is 14.8. The van der Waals surface area contributed by atoms with Crippen molar-refractivity contribution in [2.75, 3.05) is 11.5 Å². The minimum atomic E-state index is -0.714. The summed E-state index contributed by atoms with van der Waals surface area (Å²) in [6.45, 7) is 3.78. The Bertz CT molecular complexity index is 563. The Morgan fingerprint density at radius 3 is 2.85 bits per heavy atom. The van der Waals surface area contributed by atoms with Crippen LogP contribution in [0.3, 0.4) is 0 Å². The number of nitrogens with two attached hydrogens (primary N) is 1. The molecular formula is C15H19N3OS. The van der Waals surface area contributed by atoms with Crippen molar-refractivity contribution in [3.05, 3.63) is 23.8 Å². The first-order valence-corrected chi connectivity index (χ1v) is 7.64. The second-order valence-corrected chi connectivity index (χ2v) is 6.47. The van der Waals surface area contributed by atoms with Crippen LogP contribution in [0.5, 0.6) is 0 Å². The summed E-state index contributed by atoms with van der Waals surface area (Å²) in [5, 5.41) is 12.1. The molecule has 0 heterocycles. The van der Waals surface area contributed by atoms with Gasteiger partial charge in [-0.05, 0) is 56.4 Å². The summed E-state index contributed by atoms with van der Waals surface area (Å²) in [6, 6.07) is 7.88. The van der Waals surface area contributed by atoms with Crippen LogP contribution in [-0.2, 0) is 4.79 Å². The Morgan fingerprint density at radius 2 is 2.30 bits per heavy atom. The van der Waals surface area contributed by atoms with Crippen LogP contribution >= 0.6 is 11.8 Å². The summed E-state index contributed by atoms with van der Waals surface area (Å²) in [5.74, 6) is 0.524. The SMILES string of the molecule is Cc1cc(N)ccc1SCC(=O)NC(C)(C#N)C1CC1. The number of carbonyl (C=O) groups excluding carboxylic acids is 1. The lowest BCUT2D eigenvalue weighted by atomic mass is 9.98. The lowest BCUT2D eigenvalue weighted by molar-refractivity contribution is -0.119. The van der Waals surface area contributed by atoms with Crippen LogP contribution in [0.4, 0.5) is 5.69 Å². The molecule has 1 aromatic carbocycles. The highest BCUT2D eigenvalue weighted by molar-refractivity contribution is 8.00. The number of carbonyl (C=O) groups is 1. The van der Waals surface area contributed by atoms with Gasteiger partial charge in [0.05, 0.1) is 11.8 Å². The highest BCUT2D eigenvalue weighted by Crippen LogP contribution is 2.39. The van der Waals surface area contributed by atoms with Crippen molar-refractivity contribution in [1.29, 1.82) is 5.26 Å². The fourth-order valence-corrected chi connectivity index (χ4v) is 3.00. The topological polar surface area (TPSA) is 78.9 Å². The number of hydrogen-bond acceptors (Lipinski definition) is 4. The lowest BCUT2D eigenvalue weighted by Gasteiger charge is -2.22. The Morgan fingerprint density at radius 1 is 1.60 bits per heavy atom. The molecule has 2 rings (SSSR count). The van der Waals surface area contributed by atoms with Gasteiger partial charge in [-0.2, -0.15) is 5.26 Å². The molecule has 4 nitrogen and oxygen atoms in total. The zero-order valence-corrected chi connectivity index (χ0v) is 12.6. The van der Waals surface area contributed by atoms with Gasteiger partial charge in [0.1, 0.15) is 5.54 Å². The lowest BCUT2D eigenvalue weighted by Crippen LogP contribution is -2.47. The van der Waals surface area contributed by atoms with Crippen LogP contribution in [-0.4, -0.2) is 17.2 Å². The number of nitriles is 1. The highest BCUT2D eigenvalue weighted by atomic mass is 32.2. The van der Waals surface area contributed by atoms with Gasteiger partial charge in [-0.1, -0.05) is 0 Å². The molecule has 0 bridgehead atoms. The molecule has 5 heteroatoms. The van der Waals surface area contributed by atoms with Gasteiger partial charge in [0.25, 0.3) is 0 Å². The summed E-state index contributed by atoms with van der Waals surface area (Å²) in [6.07, 6.45) is 2.04. The molecule has 1 unspecified atom stereocenters. The summed E-state index contributed by atoms with van der Waals surface area (Å²) < 4.78 is 0. The third-order valence-electron chi connectivity index (χ3n) is 3.58. The minimum Gasteiger partial charge on any atom is -0.399 e. The largest absolute Gasteiger partial charge is 0.399 e. The first-order valence-electron chi connectivity index (χ1n) is 6.66. The average molecular weight is 289 g/mol. The van der Waals surface area contributed by atoms with E-state index in [0.717, 1.165) is 29.0 Å². The molecule has 1 amide bonds. The fraction of sp³-hybridized carbons (Fsp3) is 0.467. The van der Waals surface area contributed by atoms with Crippen molar-refractivity contribution in [2.45, 2.75) is 37.1 Å². The van der Waals surface area contributed by atoms with Crippen LogP contribution in [0.2, 0.25) is 0 Å². The number of aryl methyl sites for hydroxylation is 1. The van der Waals surface area contributed by atoms with E-state index in [1.807, 2.05) is 32.0 Å². The molecule has 0 radical (unpaired) electrons. The maximum Gasteiger partial charge on any atom is 0.231 e. The van der Waals surface area contributed by atoms with Gasteiger partial charge in [-0.15, -0.1) is 11.8 Å². The molecule has 3 N–H and O–H groups in total. The molecule has 0 spiro atoms. The van der Waals surface area contributed by atoms with Gasteiger partial charge in [0.15, 0.2) is 0 Å². The van der Waals surface area contributed by atoms with Crippen LogP contribution < -0.4 is 11.1 Å². The molecule has 1 aliphatic rings. The summed E-state index contributed by atoms with van der Waals surface area (Å²) >= 11 is 1.47. The van der Waals surface area contributed by atoms with E-state index in [2.05, 4.69) is 11.4 Å². The Hall–Kier alpha value is -1.67. The van der Waals surface area contributed by atoms with E-state index >= 15 is 0 Å². The number of anilines is 1. The molecule has 1 aromatic rings. The van der Waals surface area contributed by atoms with E-state index in [0.29, 0.717) is 11.7 Å². The van der Waals surface area contributed by atoms with Crippen molar-refractivity contribution in [2.24, 2.45) is 5.92 Å². The number of nitrogen functional groups attached to an aromatic ring is 1. The number of nitrogens with one attached hydrogen (secondary N) is 1. The molecule has 1 saturated carbocycles. The van der Waals surface area contributed by atoms with Crippen LogP contribution in [0.25, 0.3) is 0 Å². The number of thioether (sulfide) groups is 1. The molecule has 106 valence electrons. The van der Waals surface area contributed by atoms with Gasteiger partial charge in [-0.25, -0.2) is 0 Å². The Kier molecular flexibility index (Phi) is 4.24. The quantitative estimate of drug-likeness (QED) is 0.644. The molecule has 0 aromatic heterocycles. The van der Waals surface area contributed by atoms with Crippen LogP contribution in [0.1, 0.15) is 25.3 Å². The number of nitrogens with zero attached hydrogens (tertiary/aromatic N) is 1. The molecule has 0 saturated heterocycles. The summed E-state index contributed by atoms with van der Waals surface area (Å²) in [5.41, 5.74) is 6.77. The molecule has 0 aliphatic heterocycles. The van der Waals surface area contributed by atoms with E-state index in [9.17, 15) is 10.1 Å². The second kappa shape index (κ2) is 5.76. The number of benzene rings is 1. The predicted octanol–water partition coefficient (Wildman–Crippen LogP) is 2.48. The van der Waals surface area contributed by atoms with Gasteiger partial charge in [-0.3, -0.25) is 4.79 Å².